The van der Waals surface area contributed by atoms with Crippen LogP contribution in [0.5, 0.6) is 5.75 Å². The normalized spacial score (nSPS) is 14.5. The van der Waals surface area contributed by atoms with Gasteiger partial charge in [0, 0.05) is 5.56 Å². The molecule has 0 saturated heterocycles. The van der Waals surface area contributed by atoms with Crippen LogP contribution in [0.4, 0.5) is 0 Å². The van der Waals surface area contributed by atoms with Gasteiger partial charge in [0.25, 0.3) is 0 Å². The lowest BCUT2D eigenvalue weighted by Gasteiger charge is -2.06. The maximum atomic E-state index is 5.31. The summed E-state index contributed by atoms with van der Waals surface area (Å²) in [5, 5.41) is 0. The number of halogens is 1. The smallest absolute Gasteiger partial charge is 0.133 e. The number of methoxy groups -OCH3 is 1. The second-order valence-corrected chi connectivity index (χ2v) is 3.51. The van der Waals surface area contributed by atoms with Crippen LogP contribution in [0.15, 0.2) is 16.6 Å². The Morgan fingerprint density at radius 3 is 3.00 bits per heavy atom. The Hall–Kier alpha value is -0.540. The standard InChI is InChI=1S/C9H9BrO2/c1-11-8-3-2-6-4-12-5-7(6)9(8)10/h2-3H,4-5H2,1H3. The van der Waals surface area contributed by atoms with Gasteiger partial charge in [-0.3, -0.25) is 0 Å². The van der Waals surface area contributed by atoms with E-state index < -0.39 is 0 Å². The molecule has 1 aliphatic rings. The van der Waals surface area contributed by atoms with E-state index in [1.807, 2.05) is 12.1 Å². The highest BCUT2D eigenvalue weighted by molar-refractivity contribution is 9.10. The van der Waals surface area contributed by atoms with Crippen molar-refractivity contribution in [3.8, 4) is 5.75 Å². The lowest BCUT2D eigenvalue weighted by atomic mass is 10.1. The van der Waals surface area contributed by atoms with E-state index in [0.29, 0.717) is 6.61 Å². The molecule has 0 atom stereocenters. The summed E-state index contributed by atoms with van der Waals surface area (Å²) in [6.45, 7) is 1.41. The average molecular weight is 229 g/mol. The molecule has 0 unspecified atom stereocenters. The second kappa shape index (κ2) is 3.07. The molecule has 0 aliphatic carbocycles. The number of hydrogen-bond donors (Lipinski definition) is 0. The topological polar surface area (TPSA) is 18.5 Å². The Labute approximate surface area is 79.6 Å². The summed E-state index contributed by atoms with van der Waals surface area (Å²) in [7, 11) is 1.67. The second-order valence-electron chi connectivity index (χ2n) is 2.71. The number of rotatable bonds is 1. The highest BCUT2D eigenvalue weighted by Crippen LogP contribution is 2.34. The predicted molar refractivity (Wildman–Crippen MR) is 49.2 cm³/mol. The quantitative estimate of drug-likeness (QED) is 0.736. The van der Waals surface area contributed by atoms with E-state index in [2.05, 4.69) is 15.9 Å². The molecule has 0 aromatic heterocycles. The SMILES string of the molecule is COc1ccc2c(c1Br)COC2. The average Bonchev–Trinajstić information content (AvgIpc) is 2.53. The van der Waals surface area contributed by atoms with Gasteiger partial charge in [0.05, 0.1) is 24.8 Å². The van der Waals surface area contributed by atoms with Gasteiger partial charge >= 0.3 is 0 Å². The Balaban J connectivity index is 2.54. The van der Waals surface area contributed by atoms with Crippen LogP contribution in [0.1, 0.15) is 11.1 Å². The van der Waals surface area contributed by atoms with Crippen LogP contribution < -0.4 is 4.74 Å². The highest BCUT2D eigenvalue weighted by atomic mass is 79.9. The van der Waals surface area contributed by atoms with E-state index >= 15 is 0 Å². The number of ether oxygens (including phenoxy) is 2. The molecule has 0 amide bonds. The molecule has 2 rings (SSSR count). The minimum atomic E-state index is 0.688. The molecule has 1 aromatic rings. The van der Waals surface area contributed by atoms with Crippen molar-refractivity contribution in [2.24, 2.45) is 0 Å². The summed E-state index contributed by atoms with van der Waals surface area (Å²) in [4.78, 5) is 0. The van der Waals surface area contributed by atoms with E-state index in [0.717, 1.165) is 16.8 Å². The van der Waals surface area contributed by atoms with Crippen molar-refractivity contribution >= 4 is 15.9 Å². The van der Waals surface area contributed by atoms with Crippen molar-refractivity contribution < 1.29 is 9.47 Å². The van der Waals surface area contributed by atoms with Crippen LogP contribution >= 0.6 is 15.9 Å². The molecule has 1 aliphatic heterocycles. The van der Waals surface area contributed by atoms with E-state index in [9.17, 15) is 0 Å². The molecule has 0 bridgehead atoms. The van der Waals surface area contributed by atoms with Crippen molar-refractivity contribution in [3.05, 3.63) is 27.7 Å². The molecule has 12 heavy (non-hydrogen) atoms. The van der Waals surface area contributed by atoms with Crippen molar-refractivity contribution in [1.29, 1.82) is 0 Å². The van der Waals surface area contributed by atoms with E-state index in [1.54, 1.807) is 7.11 Å². The van der Waals surface area contributed by atoms with Crippen molar-refractivity contribution in [2.75, 3.05) is 7.11 Å². The first-order valence-corrected chi connectivity index (χ1v) is 4.54. The zero-order valence-electron chi connectivity index (χ0n) is 6.76. The number of fused-ring (bicyclic) bond motifs is 1. The predicted octanol–water partition coefficient (Wildman–Crippen LogP) is 2.49. The third-order valence-corrected chi connectivity index (χ3v) is 2.90. The molecule has 2 nitrogen and oxygen atoms in total. The molecule has 3 heteroatoms. The van der Waals surface area contributed by atoms with Gasteiger partial charge in [0.1, 0.15) is 5.75 Å². The zero-order valence-corrected chi connectivity index (χ0v) is 8.35. The first kappa shape index (κ1) is 8.08. The minimum Gasteiger partial charge on any atom is -0.496 e. The monoisotopic (exact) mass is 228 g/mol. The Morgan fingerprint density at radius 2 is 2.25 bits per heavy atom. The summed E-state index contributed by atoms with van der Waals surface area (Å²) >= 11 is 3.49. The van der Waals surface area contributed by atoms with E-state index in [1.165, 1.54) is 11.1 Å². The van der Waals surface area contributed by atoms with Gasteiger partial charge in [-0.1, -0.05) is 6.07 Å². The minimum absolute atomic E-state index is 0.688. The van der Waals surface area contributed by atoms with Gasteiger partial charge in [0.15, 0.2) is 0 Å². The number of benzene rings is 1. The molecule has 0 spiro atoms. The zero-order chi connectivity index (χ0) is 8.55. The fourth-order valence-corrected chi connectivity index (χ4v) is 2.01. The molecule has 1 heterocycles. The lowest BCUT2D eigenvalue weighted by Crippen LogP contribution is -1.89. The third-order valence-electron chi connectivity index (χ3n) is 2.03. The maximum Gasteiger partial charge on any atom is 0.133 e. The molecule has 0 radical (unpaired) electrons. The molecular weight excluding hydrogens is 220 g/mol. The fourth-order valence-electron chi connectivity index (χ4n) is 1.35. The summed E-state index contributed by atoms with van der Waals surface area (Å²) in [5.74, 6) is 0.874. The maximum absolute atomic E-state index is 5.31. The first-order valence-electron chi connectivity index (χ1n) is 3.75. The van der Waals surface area contributed by atoms with E-state index in [4.69, 9.17) is 9.47 Å². The molecule has 0 fully saturated rings. The van der Waals surface area contributed by atoms with Gasteiger partial charge in [-0.15, -0.1) is 0 Å². The lowest BCUT2D eigenvalue weighted by molar-refractivity contribution is 0.134. The van der Waals surface area contributed by atoms with Crippen LogP contribution in [-0.2, 0) is 18.0 Å². The highest BCUT2D eigenvalue weighted by Gasteiger charge is 2.16. The van der Waals surface area contributed by atoms with Gasteiger partial charge in [0.2, 0.25) is 0 Å². The largest absolute Gasteiger partial charge is 0.496 e. The van der Waals surface area contributed by atoms with Crippen LogP contribution in [0, 0.1) is 0 Å². The van der Waals surface area contributed by atoms with Crippen LogP contribution in [0.25, 0.3) is 0 Å². The summed E-state index contributed by atoms with van der Waals surface area (Å²) in [6.07, 6.45) is 0. The Morgan fingerprint density at radius 1 is 1.42 bits per heavy atom. The van der Waals surface area contributed by atoms with Gasteiger partial charge < -0.3 is 9.47 Å². The Bertz CT molecular complexity index is 310. The summed E-state index contributed by atoms with van der Waals surface area (Å²) < 4.78 is 11.5. The molecule has 1 aromatic carbocycles. The first-order chi connectivity index (χ1) is 5.83. The molecule has 64 valence electrons. The molecule has 0 saturated carbocycles. The third kappa shape index (κ3) is 1.13. The van der Waals surface area contributed by atoms with E-state index in [-0.39, 0.29) is 0 Å². The van der Waals surface area contributed by atoms with Crippen LogP contribution in [0.3, 0.4) is 0 Å². The summed E-state index contributed by atoms with van der Waals surface area (Å²) in [6, 6.07) is 4.00. The van der Waals surface area contributed by atoms with Gasteiger partial charge in [-0.25, -0.2) is 0 Å². The van der Waals surface area contributed by atoms with Gasteiger partial charge in [-0.05, 0) is 27.6 Å². The fraction of sp³-hybridized carbons (Fsp3) is 0.333. The van der Waals surface area contributed by atoms with Crippen LogP contribution in [-0.4, -0.2) is 7.11 Å². The van der Waals surface area contributed by atoms with Crippen molar-refractivity contribution in [3.63, 3.8) is 0 Å². The van der Waals surface area contributed by atoms with Gasteiger partial charge in [-0.2, -0.15) is 0 Å². The Kier molecular flexibility index (Phi) is 2.07. The van der Waals surface area contributed by atoms with Crippen molar-refractivity contribution in [1.82, 2.24) is 0 Å². The molecule has 0 N–H and O–H groups in total. The van der Waals surface area contributed by atoms with Crippen LogP contribution in [0.2, 0.25) is 0 Å². The summed E-state index contributed by atoms with van der Waals surface area (Å²) in [5.41, 5.74) is 2.47. The number of hydrogen-bond acceptors (Lipinski definition) is 2. The van der Waals surface area contributed by atoms with Crippen molar-refractivity contribution in [2.45, 2.75) is 13.2 Å². The molecular formula is C9H9BrO2.